The van der Waals surface area contributed by atoms with E-state index in [1.807, 2.05) is 0 Å². The molecule has 2 amide bonds. The van der Waals surface area contributed by atoms with Gasteiger partial charge in [0.05, 0.1) is 16.7 Å². The lowest BCUT2D eigenvalue weighted by atomic mass is 10.0. The second-order valence-corrected chi connectivity index (χ2v) is 6.65. The number of piperidine rings is 1. The van der Waals surface area contributed by atoms with E-state index in [9.17, 15) is 19.7 Å². The molecule has 1 N–H and O–H groups in total. The molecular formula is C18H21N5O4. The predicted octanol–water partition coefficient (Wildman–Crippen LogP) is 1.67. The van der Waals surface area contributed by atoms with Crippen molar-refractivity contribution in [3.05, 3.63) is 57.4 Å². The normalized spacial score (nSPS) is 14.8. The molecule has 0 bridgehead atoms. The lowest BCUT2D eigenvalue weighted by Gasteiger charge is -2.32. The highest BCUT2D eigenvalue weighted by atomic mass is 16.6. The summed E-state index contributed by atoms with van der Waals surface area (Å²) in [6.45, 7) is 2.56. The largest absolute Gasteiger partial charge is 0.349 e. The fourth-order valence-electron chi connectivity index (χ4n) is 3.26. The smallest absolute Gasteiger partial charge is 0.273 e. The Morgan fingerprint density at radius 1 is 1.30 bits per heavy atom. The molecule has 1 aliphatic heterocycles. The van der Waals surface area contributed by atoms with Crippen molar-refractivity contribution in [2.45, 2.75) is 25.8 Å². The number of carbonyl (C=O) groups is 2. The molecule has 9 heteroatoms. The molecule has 1 saturated heterocycles. The number of aryl methyl sites for hydroxylation is 1. The van der Waals surface area contributed by atoms with Gasteiger partial charge in [0.1, 0.15) is 0 Å². The number of hydrogen-bond acceptors (Lipinski definition) is 5. The minimum Gasteiger partial charge on any atom is -0.349 e. The summed E-state index contributed by atoms with van der Waals surface area (Å²) in [5.41, 5.74) is 1.17. The molecule has 0 spiro atoms. The second kappa shape index (κ2) is 7.56. The fourth-order valence-corrected chi connectivity index (χ4v) is 3.26. The molecular weight excluding hydrogens is 350 g/mol. The zero-order chi connectivity index (χ0) is 19.6. The third-order valence-electron chi connectivity index (χ3n) is 4.82. The molecule has 142 valence electrons. The number of rotatable bonds is 4. The predicted molar refractivity (Wildman–Crippen MR) is 97.4 cm³/mol. The molecule has 9 nitrogen and oxygen atoms in total. The third-order valence-corrected chi connectivity index (χ3v) is 4.82. The lowest BCUT2D eigenvalue weighted by Crippen LogP contribution is -2.46. The van der Waals surface area contributed by atoms with E-state index in [1.54, 1.807) is 35.8 Å². The first kappa shape index (κ1) is 18.6. The van der Waals surface area contributed by atoms with Gasteiger partial charge in [0, 0.05) is 49.6 Å². The summed E-state index contributed by atoms with van der Waals surface area (Å²) in [6, 6.07) is 4.51. The molecule has 1 aliphatic rings. The van der Waals surface area contributed by atoms with Crippen LogP contribution in [-0.4, -0.2) is 50.5 Å². The summed E-state index contributed by atoms with van der Waals surface area (Å²) >= 11 is 0. The fraction of sp³-hybridized carbons (Fsp3) is 0.389. The average Bonchev–Trinajstić information content (AvgIpc) is 3.08. The monoisotopic (exact) mass is 371 g/mol. The van der Waals surface area contributed by atoms with Crippen molar-refractivity contribution in [3.8, 4) is 0 Å². The van der Waals surface area contributed by atoms with Crippen LogP contribution < -0.4 is 5.32 Å². The molecule has 1 aromatic heterocycles. The molecule has 3 rings (SSSR count). The first-order valence-corrected chi connectivity index (χ1v) is 8.69. The Bertz CT molecular complexity index is 884. The van der Waals surface area contributed by atoms with Crippen LogP contribution in [0, 0.1) is 17.0 Å². The van der Waals surface area contributed by atoms with E-state index < -0.39 is 4.92 Å². The average molecular weight is 371 g/mol. The van der Waals surface area contributed by atoms with E-state index in [0.29, 0.717) is 42.6 Å². The van der Waals surface area contributed by atoms with Gasteiger partial charge >= 0.3 is 0 Å². The van der Waals surface area contributed by atoms with Gasteiger partial charge in [-0.15, -0.1) is 0 Å². The summed E-state index contributed by atoms with van der Waals surface area (Å²) in [6.07, 6.45) is 4.43. The van der Waals surface area contributed by atoms with Crippen molar-refractivity contribution >= 4 is 17.5 Å². The van der Waals surface area contributed by atoms with Crippen LogP contribution in [-0.2, 0) is 7.05 Å². The number of nitro benzene ring substituents is 1. The van der Waals surface area contributed by atoms with Crippen molar-refractivity contribution < 1.29 is 14.5 Å². The van der Waals surface area contributed by atoms with E-state index in [-0.39, 0.29) is 23.5 Å². The Balaban J connectivity index is 1.61. The number of nitro groups is 1. The molecule has 0 saturated carbocycles. The number of likely N-dealkylation sites (tertiary alicyclic amines) is 1. The molecule has 1 fully saturated rings. The van der Waals surface area contributed by atoms with Crippen LogP contribution in [0.3, 0.4) is 0 Å². The zero-order valence-electron chi connectivity index (χ0n) is 15.2. The van der Waals surface area contributed by atoms with Crippen LogP contribution >= 0.6 is 0 Å². The first-order chi connectivity index (χ1) is 12.9. The summed E-state index contributed by atoms with van der Waals surface area (Å²) in [4.78, 5) is 37.2. The van der Waals surface area contributed by atoms with Gasteiger partial charge in [0.15, 0.2) is 0 Å². The van der Waals surface area contributed by atoms with Crippen LogP contribution in [0.1, 0.15) is 39.1 Å². The van der Waals surface area contributed by atoms with Gasteiger partial charge in [-0.1, -0.05) is 6.07 Å². The first-order valence-electron chi connectivity index (χ1n) is 8.69. The number of amides is 2. The third kappa shape index (κ3) is 3.97. The Hall–Kier alpha value is -3.23. The maximum Gasteiger partial charge on any atom is 0.273 e. The Kier molecular flexibility index (Phi) is 5.20. The van der Waals surface area contributed by atoms with Gasteiger partial charge in [-0.25, -0.2) is 0 Å². The van der Waals surface area contributed by atoms with Crippen LogP contribution in [0.2, 0.25) is 0 Å². The van der Waals surface area contributed by atoms with Gasteiger partial charge in [0.25, 0.3) is 17.5 Å². The van der Waals surface area contributed by atoms with Crippen molar-refractivity contribution in [1.29, 1.82) is 0 Å². The molecule has 2 heterocycles. The molecule has 0 aliphatic carbocycles. The van der Waals surface area contributed by atoms with E-state index in [2.05, 4.69) is 10.4 Å². The van der Waals surface area contributed by atoms with Gasteiger partial charge in [-0.2, -0.15) is 5.10 Å². The molecule has 0 radical (unpaired) electrons. The SMILES string of the molecule is Cc1c(C(=O)N2CCC(NC(=O)c3cnn(C)c3)CC2)cccc1[N+](=O)[O-]. The Morgan fingerprint density at radius 2 is 2.00 bits per heavy atom. The maximum atomic E-state index is 12.8. The standard InChI is InChI=1S/C18H21N5O4/c1-12-15(4-3-5-16(12)23(26)27)18(25)22-8-6-14(7-9-22)20-17(24)13-10-19-21(2)11-13/h3-5,10-11,14H,6-9H2,1-2H3,(H,20,24). The zero-order valence-corrected chi connectivity index (χ0v) is 15.2. The van der Waals surface area contributed by atoms with Crippen molar-refractivity contribution in [2.75, 3.05) is 13.1 Å². The topological polar surface area (TPSA) is 110 Å². The number of carbonyl (C=O) groups excluding carboxylic acids is 2. The van der Waals surface area contributed by atoms with E-state index >= 15 is 0 Å². The summed E-state index contributed by atoms with van der Waals surface area (Å²) in [5.74, 6) is -0.393. The minimum atomic E-state index is -0.480. The molecule has 2 aromatic rings. The quantitative estimate of drug-likeness (QED) is 0.649. The molecule has 27 heavy (non-hydrogen) atoms. The minimum absolute atomic E-state index is 0.0204. The van der Waals surface area contributed by atoms with Crippen molar-refractivity contribution in [1.82, 2.24) is 20.0 Å². The highest BCUT2D eigenvalue weighted by molar-refractivity contribution is 5.97. The number of nitrogens with zero attached hydrogens (tertiary/aromatic N) is 4. The van der Waals surface area contributed by atoms with E-state index in [0.717, 1.165) is 0 Å². The Labute approximate surface area is 156 Å². The van der Waals surface area contributed by atoms with Crippen molar-refractivity contribution in [3.63, 3.8) is 0 Å². The van der Waals surface area contributed by atoms with Crippen LogP contribution in [0.15, 0.2) is 30.6 Å². The van der Waals surface area contributed by atoms with Crippen molar-refractivity contribution in [2.24, 2.45) is 7.05 Å². The second-order valence-electron chi connectivity index (χ2n) is 6.65. The number of nitrogens with one attached hydrogen (secondary N) is 1. The number of benzene rings is 1. The van der Waals surface area contributed by atoms with Gasteiger partial charge in [0.2, 0.25) is 0 Å². The van der Waals surface area contributed by atoms with Crippen LogP contribution in [0.25, 0.3) is 0 Å². The van der Waals surface area contributed by atoms with Gasteiger partial charge < -0.3 is 10.2 Å². The summed E-state index contributed by atoms with van der Waals surface area (Å²) < 4.78 is 1.57. The molecule has 0 atom stereocenters. The van der Waals surface area contributed by atoms with Gasteiger partial charge in [-0.3, -0.25) is 24.4 Å². The molecule has 1 aromatic carbocycles. The summed E-state index contributed by atoms with van der Waals surface area (Å²) in [5, 5.41) is 18.0. The maximum absolute atomic E-state index is 12.8. The molecule has 0 unspecified atom stereocenters. The highest BCUT2D eigenvalue weighted by Crippen LogP contribution is 2.23. The number of hydrogen-bond donors (Lipinski definition) is 1. The Morgan fingerprint density at radius 3 is 2.59 bits per heavy atom. The number of aromatic nitrogens is 2. The summed E-state index contributed by atoms with van der Waals surface area (Å²) in [7, 11) is 1.75. The van der Waals surface area contributed by atoms with Crippen LogP contribution in [0.4, 0.5) is 5.69 Å². The van der Waals surface area contributed by atoms with Gasteiger partial charge in [-0.05, 0) is 25.8 Å². The van der Waals surface area contributed by atoms with Crippen LogP contribution in [0.5, 0.6) is 0 Å². The lowest BCUT2D eigenvalue weighted by molar-refractivity contribution is -0.385. The highest BCUT2D eigenvalue weighted by Gasteiger charge is 2.27. The van der Waals surface area contributed by atoms with E-state index in [4.69, 9.17) is 0 Å². The van der Waals surface area contributed by atoms with E-state index in [1.165, 1.54) is 18.3 Å².